The first-order valence-electron chi connectivity index (χ1n) is 4.68. The molecule has 0 spiro atoms. The smallest absolute Gasteiger partial charge is 0.107 e. The molecule has 0 saturated heterocycles. The van der Waals surface area contributed by atoms with Gasteiger partial charge >= 0.3 is 0 Å². The Bertz CT molecular complexity index is 204. The lowest BCUT2D eigenvalue weighted by molar-refractivity contribution is 0.352. The van der Waals surface area contributed by atoms with E-state index in [9.17, 15) is 0 Å². The fourth-order valence-corrected chi connectivity index (χ4v) is 1.95. The maximum atomic E-state index is 9.05. The molecule has 3 atom stereocenters. The lowest BCUT2D eigenvalue weighted by atomic mass is 9.95. The van der Waals surface area contributed by atoms with Crippen LogP contribution >= 0.6 is 0 Å². The topological polar surface area (TPSA) is 35.8 Å². The van der Waals surface area contributed by atoms with Crippen molar-refractivity contribution in [3.63, 3.8) is 0 Å². The van der Waals surface area contributed by atoms with Crippen molar-refractivity contribution in [3.8, 4) is 6.07 Å². The molecule has 1 saturated carbocycles. The zero-order chi connectivity index (χ0) is 9.35. The van der Waals surface area contributed by atoms with Crippen LogP contribution in [-0.2, 0) is 0 Å². The van der Waals surface area contributed by atoms with Crippen molar-refractivity contribution in [1.29, 1.82) is 5.26 Å². The Balaban J connectivity index is 2.58. The van der Waals surface area contributed by atoms with Gasteiger partial charge in [0.25, 0.3) is 0 Å². The Kier molecular flexibility index (Phi) is 2.44. The summed E-state index contributed by atoms with van der Waals surface area (Å²) in [7, 11) is 0. The van der Waals surface area contributed by atoms with Crippen LogP contribution in [-0.4, -0.2) is 11.6 Å². The van der Waals surface area contributed by atoms with Crippen LogP contribution in [0.2, 0.25) is 0 Å². The number of hydrogen-bond donors (Lipinski definition) is 1. The van der Waals surface area contributed by atoms with Crippen LogP contribution in [0.5, 0.6) is 0 Å². The number of rotatable bonds is 3. The second-order valence-electron chi connectivity index (χ2n) is 4.43. The van der Waals surface area contributed by atoms with Gasteiger partial charge < -0.3 is 0 Å². The molecule has 2 nitrogen and oxygen atoms in total. The van der Waals surface area contributed by atoms with Gasteiger partial charge in [0.15, 0.2) is 0 Å². The number of hydrogen-bond acceptors (Lipinski definition) is 2. The van der Waals surface area contributed by atoms with E-state index in [0.29, 0.717) is 12.0 Å². The largest absolute Gasteiger partial charge is 0.297 e. The van der Waals surface area contributed by atoms with Crippen LogP contribution in [0.25, 0.3) is 0 Å². The normalized spacial score (nSPS) is 32.7. The summed E-state index contributed by atoms with van der Waals surface area (Å²) in [6, 6.07) is 2.78. The zero-order valence-electron chi connectivity index (χ0n) is 8.39. The monoisotopic (exact) mass is 166 g/mol. The predicted octanol–water partition coefficient (Wildman–Crippen LogP) is 1.92. The van der Waals surface area contributed by atoms with E-state index < -0.39 is 0 Å². The van der Waals surface area contributed by atoms with Crippen molar-refractivity contribution in [2.45, 2.75) is 45.7 Å². The van der Waals surface area contributed by atoms with Crippen LogP contribution in [0.15, 0.2) is 0 Å². The number of nitriles is 1. The first kappa shape index (κ1) is 9.54. The molecule has 1 aliphatic carbocycles. The average Bonchev–Trinajstić information content (AvgIpc) is 2.66. The molecule has 68 valence electrons. The summed E-state index contributed by atoms with van der Waals surface area (Å²) in [4.78, 5) is 0. The van der Waals surface area contributed by atoms with Gasteiger partial charge in [-0.05, 0) is 39.0 Å². The van der Waals surface area contributed by atoms with Crippen molar-refractivity contribution in [3.05, 3.63) is 0 Å². The Morgan fingerprint density at radius 3 is 2.33 bits per heavy atom. The van der Waals surface area contributed by atoms with Crippen molar-refractivity contribution >= 4 is 0 Å². The third-order valence-electron chi connectivity index (χ3n) is 2.67. The third-order valence-corrected chi connectivity index (χ3v) is 2.67. The van der Waals surface area contributed by atoms with Crippen molar-refractivity contribution in [2.24, 2.45) is 11.8 Å². The van der Waals surface area contributed by atoms with Gasteiger partial charge in [0.2, 0.25) is 0 Å². The van der Waals surface area contributed by atoms with E-state index in [-0.39, 0.29) is 5.54 Å². The minimum Gasteiger partial charge on any atom is -0.297 e. The molecular formula is C10H18N2. The van der Waals surface area contributed by atoms with Gasteiger partial charge in [-0.2, -0.15) is 5.26 Å². The minimum atomic E-state index is -0.298. The highest BCUT2D eigenvalue weighted by atomic mass is 15.0. The molecule has 0 amide bonds. The lowest BCUT2D eigenvalue weighted by Gasteiger charge is -2.26. The lowest BCUT2D eigenvalue weighted by Crippen LogP contribution is -2.47. The molecule has 0 radical (unpaired) electrons. The van der Waals surface area contributed by atoms with Crippen molar-refractivity contribution in [1.82, 2.24) is 5.32 Å². The minimum absolute atomic E-state index is 0.298. The van der Waals surface area contributed by atoms with Gasteiger partial charge in [0.05, 0.1) is 6.07 Å². The van der Waals surface area contributed by atoms with Gasteiger partial charge in [-0.3, -0.25) is 5.32 Å². The van der Waals surface area contributed by atoms with Gasteiger partial charge in [-0.1, -0.05) is 6.92 Å². The Labute approximate surface area is 75.0 Å². The molecule has 0 aromatic heterocycles. The van der Waals surface area contributed by atoms with Crippen molar-refractivity contribution in [2.75, 3.05) is 0 Å². The van der Waals surface area contributed by atoms with Crippen LogP contribution in [0.3, 0.4) is 0 Å². The van der Waals surface area contributed by atoms with Crippen LogP contribution in [0.1, 0.15) is 34.1 Å². The standard InChI is InChI=1S/C10H18N2/c1-7(2)12-10(4,6-11)9-5-8(9)3/h7-9,12H,5H2,1-4H3. The molecule has 1 fully saturated rings. The second kappa shape index (κ2) is 3.06. The summed E-state index contributed by atoms with van der Waals surface area (Å²) >= 11 is 0. The maximum absolute atomic E-state index is 9.05. The van der Waals surface area contributed by atoms with Crippen LogP contribution < -0.4 is 5.32 Å². The van der Waals surface area contributed by atoms with E-state index in [2.05, 4.69) is 32.2 Å². The highest BCUT2D eigenvalue weighted by molar-refractivity contribution is 5.14. The summed E-state index contributed by atoms with van der Waals surface area (Å²) in [5.74, 6) is 1.28. The van der Waals surface area contributed by atoms with E-state index in [4.69, 9.17) is 5.26 Å². The molecule has 1 aliphatic rings. The quantitative estimate of drug-likeness (QED) is 0.695. The van der Waals surface area contributed by atoms with E-state index in [1.807, 2.05) is 6.92 Å². The first-order valence-corrected chi connectivity index (χ1v) is 4.68. The fourth-order valence-electron chi connectivity index (χ4n) is 1.95. The van der Waals surface area contributed by atoms with Gasteiger partial charge in [-0.15, -0.1) is 0 Å². The molecule has 3 unspecified atom stereocenters. The fraction of sp³-hybridized carbons (Fsp3) is 0.900. The molecule has 2 heteroatoms. The highest BCUT2D eigenvalue weighted by Crippen LogP contribution is 2.45. The third kappa shape index (κ3) is 1.78. The molecule has 12 heavy (non-hydrogen) atoms. The summed E-state index contributed by atoms with van der Waals surface area (Å²) < 4.78 is 0. The molecule has 1 N–H and O–H groups in total. The summed E-state index contributed by atoms with van der Waals surface area (Å²) in [6.07, 6.45) is 1.20. The van der Waals surface area contributed by atoms with Gasteiger partial charge in [-0.25, -0.2) is 0 Å². The zero-order valence-corrected chi connectivity index (χ0v) is 8.39. The number of nitrogens with zero attached hydrogens (tertiary/aromatic N) is 1. The summed E-state index contributed by atoms with van der Waals surface area (Å²) in [5, 5.41) is 12.4. The van der Waals surface area contributed by atoms with Crippen LogP contribution in [0, 0.1) is 23.2 Å². The van der Waals surface area contributed by atoms with Crippen LogP contribution in [0.4, 0.5) is 0 Å². The van der Waals surface area contributed by atoms with E-state index in [0.717, 1.165) is 5.92 Å². The predicted molar refractivity (Wildman–Crippen MR) is 49.6 cm³/mol. The van der Waals surface area contributed by atoms with E-state index >= 15 is 0 Å². The van der Waals surface area contributed by atoms with Crippen molar-refractivity contribution < 1.29 is 0 Å². The molecule has 0 aliphatic heterocycles. The highest BCUT2D eigenvalue weighted by Gasteiger charge is 2.48. The summed E-state index contributed by atoms with van der Waals surface area (Å²) in [5.41, 5.74) is -0.298. The average molecular weight is 166 g/mol. The molecule has 0 aromatic carbocycles. The van der Waals surface area contributed by atoms with E-state index in [1.165, 1.54) is 6.42 Å². The molecule has 0 aromatic rings. The second-order valence-corrected chi connectivity index (χ2v) is 4.43. The Morgan fingerprint density at radius 2 is 2.08 bits per heavy atom. The molecule has 1 rings (SSSR count). The van der Waals surface area contributed by atoms with Gasteiger partial charge in [0, 0.05) is 6.04 Å². The molecule has 0 bridgehead atoms. The number of nitrogens with one attached hydrogen (secondary N) is 1. The first-order chi connectivity index (χ1) is 5.49. The Morgan fingerprint density at radius 1 is 1.58 bits per heavy atom. The molecule has 0 heterocycles. The SMILES string of the molecule is CC(C)NC(C)(C#N)C1CC1C. The van der Waals surface area contributed by atoms with Gasteiger partial charge in [0.1, 0.15) is 5.54 Å². The maximum Gasteiger partial charge on any atom is 0.107 e. The summed E-state index contributed by atoms with van der Waals surface area (Å²) in [6.45, 7) is 8.40. The Hall–Kier alpha value is -0.550. The van der Waals surface area contributed by atoms with E-state index in [1.54, 1.807) is 0 Å². The molecular weight excluding hydrogens is 148 g/mol.